The maximum atomic E-state index is 13.4. The van der Waals surface area contributed by atoms with Crippen molar-refractivity contribution in [3.05, 3.63) is 29.6 Å². The molecule has 1 atom stereocenters. The third-order valence-corrected chi connectivity index (χ3v) is 3.35. The number of nitrogens with zero attached hydrogens (tertiary/aromatic N) is 1. The van der Waals surface area contributed by atoms with Crippen LogP contribution in [0.25, 0.3) is 0 Å². The van der Waals surface area contributed by atoms with E-state index in [4.69, 9.17) is 0 Å². The maximum absolute atomic E-state index is 13.4. The van der Waals surface area contributed by atoms with Gasteiger partial charge in [-0.15, -0.1) is 0 Å². The largest absolute Gasteiger partial charge is 0.591 e. The highest BCUT2D eigenvalue weighted by molar-refractivity contribution is 7.91. The molecule has 0 fully saturated rings. The fraction of sp³-hybridized carbons (Fsp3) is 0.417. The molecule has 0 saturated heterocycles. The van der Waals surface area contributed by atoms with Gasteiger partial charge in [0.2, 0.25) is 0 Å². The second-order valence-corrected chi connectivity index (χ2v) is 6.59. The van der Waals surface area contributed by atoms with Crippen LogP contribution in [-0.2, 0) is 11.4 Å². The van der Waals surface area contributed by atoms with Crippen LogP contribution < -0.4 is 4.74 Å². The molecule has 19 heavy (non-hydrogen) atoms. The Labute approximate surface area is 112 Å². The van der Waals surface area contributed by atoms with Crippen LogP contribution in [0.15, 0.2) is 22.6 Å². The summed E-state index contributed by atoms with van der Waals surface area (Å²) < 4.78 is 56.4. The molecule has 0 saturated carbocycles. The van der Waals surface area contributed by atoms with E-state index >= 15 is 0 Å². The summed E-state index contributed by atoms with van der Waals surface area (Å²) in [6.07, 6.45) is 1.05. The molecule has 0 aliphatic heterocycles. The van der Waals surface area contributed by atoms with Crippen LogP contribution in [0.3, 0.4) is 0 Å². The molecule has 0 unspecified atom stereocenters. The number of hydrogen-bond acceptors (Lipinski definition) is 3. The van der Waals surface area contributed by atoms with Gasteiger partial charge in [-0.3, -0.25) is 0 Å². The van der Waals surface area contributed by atoms with Crippen LogP contribution in [0, 0.1) is 5.82 Å². The fourth-order valence-electron chi connectivity index (χ4n) is 1.06. The van der Waals surface area contributed by atoms with Crippen molar-refractivity contribution >= 4 is 17.6 Å². The molecule has 1 rings (SSSR count). The zero-order valence-electron chi connectivity index (χ0n) is 10.7. The minimum absolute atomic E-state index is 0.0595. The Morgan fingerprint density at radius 2 is 2.00 bits per heavy atom. The average Bonchev–Trinajstić information content (AvgIpc) is 2.27. The van der Waals surface area contributed by atoms with Crippen molar-refractivity contribution in [2.45, 2.75) is 32.1 Å². The molecule has 0 heterocycles. The van der Waals surface area contributed by atoms with Gasteiger partial charge in [0.05, 0.1) is 6.21 Å². The monoisotopic (exact) mass is 293 g/mol. The fourth-order valence-corrected chi connectivity index (χ4v) is 1.59. The van der Waals surface area contributed by atoms with Crippen molar-refractivity contribution in [1.29, 1.82) is 0 Å². The first-order valence-electron chi connectivity index (χ1n) is 5.40. The van der Waals surface area contributed by atoms with Gasteiger partial charge in [-0.2, -0.15) is 8.78 Å². The lowest BCUT2D eigenvalue weighted by Gasteiger charge is -2.17. The van der Waals surface area contributed by atoms with Gasteiger partial charge in [0.1, 0.15) is 27.7 Å². The van der Waals surface area contributed by atoms with Crippen molar-refractivity contribution in [2.24, 2.45) is 4.40 Å². The van der Waals surface area contributed by atoms with E-state index in [0.29, 0.717) is 0 Å². The molecule has 1 aromatic rings. The van der Waals surface area contributed by atoms with E-state index in [1.165, 1.54) is 0 Å². The predicted octanol–water partition coefficient (Wildman–Crippen LogP) is 3.31. The van der Waals surface area contributed by atoms with Gasteiger partial charge >= 0.3 is 6.61 Å². The van der Waals surface area contributed by atoms with Crippen molar-refractivity contribution < 1.29 is 22.5 Å². The molecular weight excluding hydrogens is 279 g/mol. The third kappa shape index (κ3) is 5.12. The van der Waals surface area contributed by atoms with Crippen molar-refractivity contribution in [3.8, 4) is 5.75 Å². The van der Waals surface area contributed by atoms with Crippen LogP contribution >= 0.6 is 0 Å². The summed E-state index contributed by atoms with van der Waals surface area (Å²) in [5.74, 6) is -0.837. The lowest BCUT2D eigenvalue weighted by Crippen LogP contribution is -2.25. The number of rotatable bonds is 4. The molecule has 3 nitrogen and oxygen atoms in total. The number of hydrogen-bond donors (Lipinski definition) is 0. The van der Waals surface area contributed by atoms with E-state index < -0.39 is 28.5 Å². The Balaban J connectivity index is 2.91. The second-order valence-electron chi connectivity index (χ2n) is 4.66. The molecule has 0 radical (unpaired) electrons. The van der Waals surface area contributed by atoms with E-state index in [2.05, 4.69) is 9.13 Å². The first kappa shape index (κ1) is 15.8. The van der Waals surface area contributed by atoms with Gasteiger partial charge in [0.15, 0.2) is 0 Å². The SMILES string of the molecule is CC(C)(C)[S@@+]([O-])N=Cc1cc(OC(F)F)ccc1F. The summed E-state index contributed by atoms with van der Waals surface area (Å²) in [5.41, 5.74) is -0.0595. The number of benzene rings is 1. The van der Waals surface area contributed by atoms with Gasteiger partial charge in [0, 0.05) is 5.56 Å². The van der Waals surface area contributed by atoms with Gasteiger partial charge in [0.25, 0.3) is 0 Å². The van der Waals surface area contributed by atoms with E-state index in [1.54, 1.807) is 20.8 Å². The minimum atomic E-state index is -2.99. The number of ether oxygens (including phenoxy) is 1. The zero-order chi connectivity index (χ0) is 14.6. The summed E-state index contributed by atoms with van der Waals surface area (Å²) in [7, 11) is 0. The van der Waals surface area contributed by atoms with Crippen LogP contribution in [-0.4, -0.2) is 22.1 Å². The highest BCUT2D eigenvalue weighted by Gasteiger charge is 2.25. The van der Waals surface area contributed by atoms with Crippen LogP contribution in [0.2, 0.25) is 0 Å². The summed E-state index contributed by atoms with van der Waals surface area (Å²) in [5, 5.41) is 0. The maximum Gasteiger partial charge on any atom is 0.387 e. The van der Waals surface area contributed by atoms with Crippen LogP contribution in [0.5, 0.6) is 5.75 Å². The van der Waals surface area contributed by atoms with Crippen LogP contribution in [0.1, 0.15) is 26.3 Å². The Hall–Kier alpha value is -1.21. The third-order valence-electron chi connectivity index (χ3n) is 2.00. The van der Waals surface area contributed by atoms with Crippen molar-refractivity contribution in [1.82, 2.24) is 0 Å². The molecule has 106 valence electrons. The summed E-state index contributed by atoms with van der Waals surface area (Å²) >= 11 is -1.55. The van der Waals surface area contributed by atoms with E-state index in [0.717, 1.165) is 24.4 Å². The van der Waals surface area contributed by atoms with Gasteiger partial charge in [-0.1, -0.05) is 4.40 Å². The Morgan fingerprint density at radius 1 is 1.37 bits per heavy atom. The molecule has 7 heteroatoms. The highest BCUT2D eigenvalue weighted by Crippen LogP contribution is 2.20. The summed E-state index contributed by atoms with van der Waals surface area (Å²) in [6, 6.07) is 3.14. The molecule has 0 aliphatic carbocycles. The average molecular weight is 293 g/mol. The molecule has 0 aliphatic rings. The zero-order valence-corrected chi connectivity index (χ0v) is 11.5. The first-order chi connectivity index (χ1) is 8.70. The Kier molecular flexibility index (Phi) is 5.25. The quantitative estimate of drug-likeness (QED) is 0.631. The van der Waals surface area contributed by atoms with Crippen LogP contribution in [0.4, 0.5) is 13.2 Å². The van der Waals surface area contributed by atoms with Gasteiger partial charge in [-0.05, 0) is 39.0 Å². The topological polar surface area (TPSA) is 44.7 Å². The number of halogens is 3. The lowest BCUT2D eigenvalue weighted by atomic mass is 10.2. The molecule has 0 bridgehead atoms. The lowest BCUT2D eigenvalue weighted by molar-refractivity contribution is -0.0498. The molecule has 0 aromatic heterocycles. The van der Waals surface area contributed by atoms with E-state index in [9.17, 15) is 17.7 Å². The predicted molar refractivity (Wildman–Crippen MR) is 68.5 cm³/mol. The number of alkyl halides is 2. The Morgan fingerprint density at radius 3 is 2.53 bits per heavy atom. The Bertz CT molecular complexity index is 461. The molecule has 0 amide bonds. The van der Waals surface area contributed by atoms with E-state index in [1.807, 2.05) is 0 Å². The molecule has 1 aromatic carbocycles. The molecular formula is C12H14F3NO2S. The highest BCUT2D eigenvalue weighted by atomic mass is 32.2. The first-order valence-corrected chi connectivity index (χ1v) is 6.51. The van der Waals surface area contributed by atoms with Gasteiger partial charge in [-0.25, -0.2) is 4.39 Å². The normalized spacial score (nSPS) is 14.1. The smallest absolute Gasteiger partial charge is 0.387 e. The van der Waals surface area contributed by atoms with Crippen molar-refractivity contribution in [2.75, 3.05) is 0 Å². The summed E-state index contributed by atoms with van der Waals surface area (Å²) in [6.45, 7) is 2.16. The van der Waals surface area contributed by atoms with Crippen molar-refractivity contribution in [3.63, 3.8) is 0 Å². The molecule has 0 N–H and O–H groups in total. The van der Waals surface area contributed by atoms with E-state index in [-0.39, 0.29) is 11.3 Å². The van der Waals surface area contributed by atoms with Gasteiger partial charge < -0.3 is 9.29 Å². The standard InChI is InChI=1S/C12H14F3NO2S/c1-12(2,3)19(17)16-7-8-6-9(18-11(14)15)4-5-10(8)13/h4-7,11H,1-3H3/t19-/m1/s1. The second kappa shape index (κ2) is 6.29. The minimum Gasteiger partial charge on any atom is -0.591 e. The summed E-state index contributed by atoms with van der Waals surface area (Å²) in [4.78, 5) is 0. The molecule has 0 spiro atoms.